The number of nitrogens with zero attached hydrogens (tertiary/aromatic N) is 3. The Morgan fingerprint density at radius 1 is 1.05 bits per heavy atom. The Bertz CT molecular complexity index is 2250. The van der Waals surface area contributed by atoms with Gasteiger partial charge in [0.05, 0.1) is 40.8 Å². The van der Waals surface area contributed by atoms with E-state index in [4.69, 9.17) is 24.2 Å². The lowest BCUT2D eigenvalue weighted by Crippen LogP contribution is -2.58. The van der Waals surface area contributed by atoms with E-state index in [0.717, 1.165) is 17.8 Å². The number of carbonyl (C=O) groups is 4. The van der Waals surface area contributed by atoms with Gasteiger partial charge in [0.1, 0.15) is 40.8 Å². The molecule has 318 valence electrons. The summed E-state index contributed by atoms with van der Waals surface area (Å²) < 4.78 is 45.9. The van der Waals surface area contributed by atoms with Crippen molar-refractivity contribution in [1.29, 1.82) is 0 Å². The van der Waals surface area contributed by atoms with Gasteiger partial charge in [-0.2, -0.15) is 0 Å². The van der Waals surface area contributed by atoms with Gasteiger partial charge in [0.15, 0.2) is 0 Å². The van der Waals surface area contributed by atoms with Gasteiger partial charge in [-0.05, 0) is 71.4 Å². The third-order valence-electron chi connectivity index (χ3n) is 11.1. The molecule has 4 amide bonds. The summed E-state index contributed by atoms with van der Waals surface area (Å²) in [7, 11) is -2.34. The van der Waals surface area contributed by atoms with Crippen LogP contribution in [-0.2, 0) is 29.1 Å². The molecule has 1 aromatic carbocycles. The first-order valence-electron chi connectivity index (χ1n) is 20.4. The molecular weight excluding hydrogens is 797 g/mol. The minimum absolute atomic E-state index is 0.0223. The maximum Gasteiger partial charge on any atom is 0.408 e. The molecule has 2 saturated carbocycles. The van der Waals surface area contributed by atoms with E-state index >= 15 is 0 Å². The van der Waals surface area contributed by atoms with Crippen LogP contribution in [0.4, 0.5) is 4.79 Å². The van der Waals surface area contributed by atoms with Crippen molar-refractivity contribution in [3.63, 3.8) is 0 Å². The summed E-state index contributed by atoms with van der Waals surface area (Å²) in [5, 5.41) is 8.62. The highest BCUT2D eigenvalue weighted by Gasteiger charge is 2.62. The SMILES string of the molecule is COc1ccc2c(O[C@@H]3C[C@H]4C(=O)N[C@]5(C(=O)NS(=O)(=O)C6CC6)C[C@H]5/C=C\CCCCC[C@H](NC(=O)OC(C)(C)C)C(=O)N4C3)cc(-c3csc(C(C)C)n3)nc2c1. The number of rotatable bonds is 9. The smallest absolute Gasteiger partial charge is 0.408 e. The van der Waals surface area contributed by atoms with Crippen LogP contribution in [0.1, 0.15) is 103 Å². The maximum absolute atomic E-state index is 14.7. The number of carbonyl (C=O) groups excluding carboxylic acids is 4. The lowest BCUT2D eigenvalue weighted by Gasteiger charge is -2.30. The van der Waals surface area contributed by atoms with Gasteiger partial charge in [0.25, 0.3) is 5.91 Å². The summed E-state index contributed by atoms with van der Waals surface area (Å²) >= 11 is 1.54. The number of ether oxygens (including phenoxy) is 3. The Labute approximate surface area is 349 Å². The Hall–Kier alpha value is -4.77. The molecule has 0 spiro atoms. The number of allylic oxidation sites excluding steroid dienone is 1. The van der Waals surface area contributed by atoms with E-state index in [-0.39, 0.29) is 25.3 Å². The van der Waals surface area contributed by atoms with Crippen LogP contribution < -0.4 is 24.8 Å². The zero-order chi connectivity index (χ0) is 42.3. The van der Waals surface area contributed by atoms with Gasteiger partial charge in [0.2, 0.25) is 21.8 Å². The molecule has 4 aliphatic rings. The third kappa shape index (κ3) is 9.66. The van der Waals surface area contributed by atoms with E-state index in [1.165, 1.54) is 4.90 Å². The van der Waals surface area contributed by atoms with Crippen molar-refractivity contribution in [2.75, 3.05) is 13.7 Å². The Balaban J connectivity index is 1.23. The summed E-state index contributed by atoms with van der Waals surface area (Å²) in [5.41, 5.74) is -0.481. The van der Waals surface area contributed by atoms with E-state index in [2.05, 4.69) is 29.2 Å². The van der Waals surface area contributed by atoms with E-state index in [1.54, 1.807) is 57.4 Å². The molecule has 3 fully saturated rings. The molecule has 0 bridgehead atoms. The van der Waals surface area contributed by atoms with Gasteiger partial charge < -0.3 is 29.7 Å². The average Bonchev–Trinajstić information content (AvgIpc) is 4.04. The fraction of sp³-hybridized carbons (Fsp3) is 0.571. The number of thiazole rings is 1. The van der Waals surface area contributed by atoms with Crippen molar-refractivity contribution in [2.24, 2.45) is 5.92 Å². The third-order valence-corrected chi connectivity index (χ3v) is 14.0. The second-order valence-corrected chi connectivity index (χ2v) is 20.2. The van der Waals surface area contributed by atoms with Crippen molar-refractivity contribution in [3.05, 3.63) is 46.8 Å². The molecule has 5 atom stereocenters. The number of hydrogen-bond acceptors (Lipinski definition) is 12. The highest BCUT2D eigenvalue weighted by Crippen LogP contribution is 2.46. The van der Waals surface area contributed by atoms with Crippen molar-refractivity contribution in [1.82, 2.24) is 30.2 Å². The van der Waals surface area contributed by atoms with Crippen LogP contribution in [0.2, 0.25) is 0 Å². The highest BCUT2D eigenvalue weighted by atomic mass is 32.2. The highest BCUT2D eigenvalue weighted by molar-refractivity contribution is 7.91. The molecule has 7 rings (SSSR count). The minimum Gasteiger partial charge on any atom is -0.497 e. The molecule has 2 aliphatic carbocycles. The first-order valence-corrected chi connectivity index (χ1v) is 22.8. The molecule has 3 N–H and O–H groups in total. The summed E-state index contributed by atoms with van der Waals surface area (Å²) in [4.78, 5) is 67.3. The molecule has 17 heteroatoms. The zero-order valence-corrected chi connectivity index (χ0v) is 36.0. The minimum atomic E-state index is -3.91. The lowest BCUT2D eigenvalue weighted by atomic mass is 10.0. The number of fused-ring (bicyclic) bond motifs is 3. The normalized spacial score (nSPS) is 25.8. The predicted octanol–water partition coefficient (Wildman–Crippen LogP) is 5.74. The summed E-state index contributed by atoms with van der Waals surface area (Å²) in [5.74, 6) is -1.07. The summed E-state index contributed by atoms with van der Waals surface area (Å²) in [6.07, 6.45) is 6.67. The molecule has 0 unspecified atom stereocenters. The number of pyridine rings is 1. The topological polar surface area (TPSA) is 195 Å². The summed E-state index contributed by atoms with van der Waals surface area (Å²) in [6.45, 7) is 9.32. The summed E-state index contributed by atoms with van der Waals surface area (Å²) in [6, 6.07) is 5.10. The fourth-order valence-electron chi connectivity index (χ4n) is 7.68. The van der Waals surface area contributed by atoms with E-state index < -0.39 is 74.3 Å². The van der Waals surface area contributed by atoms with Crippen molar-refractivity contribution in [2.45, 2.75) is 133 Å². The van der Waals surface area contributed by atoms with Crippen LogP contribution in [0.3, 0.4) is 0 Å². The van der Waals surface area contributed by atoms with Crippen LogP contribution in [0.15, 0.2) is 41.8 Å². The molecule has 0 radical (unpaired) electrons. The molecule has 4 heterocycles. The van der Waals surface area contributed by atoms with E-state index in [1.807, 2.05) is 23.6 Å². The average molecular weight is 851 g/mol. The number of sulfonamides is 1. The van der Waals surface area contributed by atoms with E-state index in [0.29, 0.717) is 65.9 Å². The van der Waals surface area contributed by atoms with Crippen LogP contribution in [0.25, 0.3) is 22.3 Å². The molecule has 3 aromatic rings. The number of nitrogens with one attached hydrogen (secondary N) is 3. The van der Waals surface area contributed by atoms with Gasteiger partial charge in [0, 0.05) is 41.2 Å². The molecule has 59 heavy (non-hydrogen) atoms. The number of amides is 4. The molecular formula is C42H54N6O9S2. The number of aromatic nitrogens is 2. The second-order valence-electron chi connectivity index (χ2n) is 17.3. The van der Waals surface area contributed by atoms with Crippen molar-refractivity contribution < 1.29 is 41.8 Å². The van der Waals surface area contributed by atoms with E-state index in [9.17, 15) is 27.6 Å². The van der Waals surface area contributed by atoms with Gasteiger partial charge in [-0.25, -0.2) is 23.2 Å². The first kappa shape index (κ1) is 42.4. The van der Waals surface area contributed by atoms with Gasteiger partial charge in [-0.1, -0.05) is 38.8 Å². The first-order chi connectivity index (χ1) is 28.0. The Morgan fingerprint density at radius 2 is 1.83 bits per heavy atom. The molecule has 15 nitrogen and oxygen atoms in total. The largest absolute Gasteiger partial charge is 0.497 e. The van der Waals surface area contributed by atoms with Gasteiger partial charge in [-0.15, -0.1) is 11.3 Å². The lowest BCUT2D eigenvalue weighted by molar-refractivity contribution is -0.141. The number of hydrogen-bond donors (Lipinski definition) is 3. The Kier molecular flexibility index (Phi) is 12.0. The standard InChI is InChI=1S/C42H54N6O9S2/c1-24(2)37-44-33(23-58-37)32-20-35(29-17-14-26(55-6)18-31(29)43-32)56-27-19-34-36(49)46-42(39(51)47-59(53,54)28-15-16-28)21-25(42)12-10-8-7-9-11-13-30(38(50)48(34)22-27)45-40(52)57-41(3,4)5/h10,12,14,17-18,20,23-25,27-28,30,34H,7-9,11,13,15-16,19,21-22H2,1-6H3,(H,45,52)(H,46,49)(H,47,51)/b12-10-/t25-,27-,30+,34+,42-/m1/s1. The number of alkyl carbamates (subject to hydrolysis) is 1. The predicted molar refractivity (Wildman–Crippen MR) is 222 cm³/mol. The van der Waals surface area contributed by atoms with Crippen molar-refractivity contribution in [3.8, 4) is 22.9 Å². The van der Waals surface area contributed by atoms with Gasteiger partial charge >= 0.3 is 6.09 Å². The number of benzene rings is 1. The fourth-order valence-corrected chi connectivity index (χ4v) is 9.87. The van der Waals surface area contributed by atoms with Crippen LogP contribution in [-0.4, -0.2) is 95.3 Å². The van der Waals surface area contributed by atoms with Crippen LogP contribution in [0, 0.1) is 5.92 Å². The van der Waals surface area contributed by atoms with Crippen LogP contribution >= 0.6 is 11.3 Å². The maximum atomic E-state index is 14.7. The van der Waals surface area contributed by atoms with Crippen molar-refractivity contribution >= 4 is 56.1 Å². The quantitative estimate of drug-likeness (QED) is 0.223. The number of methoxy groups -OCH3 is 1. The second kappa shape index (κ2) is 16.7. The zero-order valence-electron chi connectivity index (χ0n) is 34.4. The monoisotopic (exact) mass is 850 g/mol. The Morgan fingerprint density at radius 3 is 2.53 bits per heavy atom. The molecule has 1 saturated heterocycles. The molecule has 2 aliphatic heterocycles. The molecule has 2 aromatic heterocycles. The van der Waals surface area contributed by atoms with Crippen LogP contribution in [0.5, 0.6) is 11.5 Å². The van der Waals surface area contributed by atoms with Gasteiger partial charge in [-0.3, -0.25) is 19.1 Å².